The van der Waals surface area contributed by atoms with Gasteiger partial charge < -0.3 is 23.8 Å². The maximum absolute atomic E-state index is 14.1. The molecule has 0 radical (unpaired) electrons. The average Bonchev–Trinajstić information content (AvgIpc) is 3.71. The standard InChI is InChI=1S/C32H28F3N5O5S/c1-16-36-22-10-9-19(13-25(22)46-16)39(2)31(41)30-29(42-3)27(28-24(44-30)15-43-32(45-28)17-7-5-4-6-8-17)40-14-23(37-38-40)18-11-20(33)26(35)21(34)12-18/h4-14,24,27-30,32H,15H2,1-3H3/t24-,27+,28+,29-,30-,32?/m1/s1. The Labute approximate surface area is 265 Å². The summed E-state index contributed by atoms with van der Waals surface area (Å²) in [6, 6.07) is 15.8. The van der Waals surface area contributed by atoms with Gasteiger partial charge in [-0.15, -0.1) is 16.4 Å². The largest absolute Gasteiger partial charge is 0.376 e. The van der Waals surface area contributed by atoms with E-state index in [0.717, 1.165) is 32.9 Å². The number of aromatic nitrogens is 4. The molecule has 14 heteroatoms. The first-order chi connectivity index (χ1) is 22.2. The Morgan fingerprint density at radius 1 is 1.07 bits per heavy atom. The van der Waals surface area contributed by atoms with Crippen LogP contribution < -0.4 is 4.90 Å². The summed E-state index contributed by atoms with van der Waals surface area (Å²) in [4.78, 5) is 20.1. The number of aryl methyl sites for hydroxylation is 1. The predicted molar refractivity (Wildman–Crippen MR) is 162 cm³/mol. The SMILES string of the molecule is CO[C@@H]1[C@@H](n2cc(-c3cc(F)c(F)c(F)c3)nn2)[C@H]2OC(c3ccccc3)OC[C@H]2O[C@H]1C(=O)N(C)c1ccc2nc(C)sc2c1. The fourth-order valence-corrected chi connectivity index (χ4v) is 6.82. The van der Waals surface area contributed by atoms with Crippen molar-refractivity contribution < 1.29 is 36.9 Å². The second kappa shape index (κ2) is 12.2. The van der Waals surface area contributed by atoms with E-state index in [0.29, 0.717) is 5.69 Å². The normalized spacial score (nSPS) is 24.6. The van der Waals surface area contributed by atoms with Crippen molar-refractivity contribution in [3.8, 4) is 11.3 Å². The minimum Gasteiger partial charge on any atom is -0.376 e. The minimum absolute atomic E-state index is 0.0173. The predicted octanol–water partition coefficient (Wildman–Crippen LogP) is 5.38. The maximum Gasteiger partial charge on any atom is 0.258 e. The molecule has 2 aliphatic rings. The Bertz CT molecular complexity index is 1880. The van der Waals surface area contributed by atoms with E-state index in [4.69, 9.17) is 18.9 Å². The van der Waals surface area contributed by atoms with Crippen LogP contribution in [0.25, 0.3) is 21.5 Å². The molecule has 5 aromatic rings. The van der Waals surface area contributed by atoms with Crippen molar-refractivity contribution in [3.05, 3.63) is 94.9 Å². The lowest BCUT2D eigenvalue weighted by atomic mass is 9.90. The molecule has 2 saturated heterocycles. The van der Waals surface area contributed by atoms with Gasteiger partial charge >= 0.3 is 0 Å². The fourth-order valence-electron chi connectivity index (χ4n) is 5.96. The summed E-state index contributed by atoms with van der Waals surface area (Å²) in [5.41, 5.74) is 2.32. The lowest BCUT2D eigenvalue weighted by Crippen LogP contribution is -2.63. The molecule has 10 nitrogen and oxygen atoms in total. The second-order valence-corrected chi connectivity index (χ2v) is 12.3. The molecule has 2 fully saturated rings. The number of amides is 1. The third-order valence-corrected chi connectivity index (χ3v) is 9.17. The van der Waals surface area contributed by atoms with Gasteiger partial charge in [0.25, 0.3) is 5.91 Å². The van der Waals surface area contributed by atoms with Crippen molar-refractivity contribution in [2.24, 2.45) is 0 Å². The van der Waals surface area contributed by atoms with Crippen molar-refractivity contribution in [3.63, 3.8) is 0 Å². The molecule has 4 heterocycles. The van der Waals surface area contributed by atoms with Gasteiger partial charge in [-0.05, 0) is 37.3 Å². The summed E-state index contributed by atoms with van der Waals surface area (Å²) in [5, 5.41) is 9.29. The van der Waals surface area contributed by atoms with Crippen LogP contribution in [-0.4, -0.2) is 71.1 Å². The Hall–Kier alpha value is -4.21. The molecule has 0 saturated carbocycles. The minimum atomic E-state index is -1.58. The van der Waals surface area contributed by atoms with Crippen LogP contribution in [0.4, 0.5) is 18.9 Å². The number of fused-ring (bicyclic) bond motifs is 2. The van der Waals surface area contributed by atoms with Gasteiger partial charge in [-0.1, -0.05) is 35.5 Å². The van der Waals surface area contributed by atoms with Gasteiger partial charge in [0.2, 0.25) is 0 Å². The van der Waals surface area contributed by atoms with Crippen LogP contribution in [-0.2, 0) is 23.7 Å². The number of likely N-dealkylation sites (N-methyl/N-ethyl adjacent to an activating group) is 1. The molecule has 1 unspecified atom stereocenters. The van der Waals surface area contributed by atoms with Crippen molar-refractivity contribution in [1.82, 2.24) is 20.0 Å². The third kappa shape index (κ3) is 5.45. The van der Waals surface area contributed by atoms with Gasteiger partial charge in [0.15, 0.2) is 29.8 Å². The van der Waals surface area contributed by atoms with Gasteiger partial charge in [-0.3, -0.25) is 4.79 Å². The number of ether oxygens (including phenoxy) is 4. The number of benzene rings is 3. The Morgan fingerprint density at radius 3 is 2.57 bits per heavy atom. The third-order valence-electron chi connectivity index (χ3n) is 8.23. The quantitative estimate of drug-likeness (QED) is 0.226. The molecule has 46 heavy (non-hydrogen) atoms. The summed E-state index contributed by atoms with van der Waals surface area (Å²) in [7, 11) is 3.10. The number of nitrogens with zero attached hydrogens (tertiary/aromatic N) is 5. The number of carbonyl (C=O) groups excluding carboxylic acids is 1. The van der Waals surface area contributed by atoms with E-state index in [9.17, 15) is 18.0 Å². The molecular formula is C32H28F3N5O5S. The van der Waals surface area contributed by atoms with Crippen molar-refractivity contribution in [2.45, 2.75) is 43.7 Å². The van der Waals surface area contributed by atoms with Gasteiger partial charge in [0.05, 0.1) is 28.0 Å². The van der Waals surface area contributed by atoms with Crippen LogP contribution in [0.1, 0.15) is 22.9 Å². The summed E-state index contributed by atoms with van der Waals surface area (Å²) in [6.45, 7) is 2.01. The number of rotatable bonds is 6. The zero-order valence-electron chi connectivity index (χ0n) is 24.8. The van der Waals surface area contributed by atoms with E-state index in [2.05, 4.69) is 15.3 Å². The number of hydrogen-bond donors (Lipinski definition) is 0. The summed E-state index contributed by atoms with van der Waals surface area (Å²) in [6.07, 6.45) is -2.85. The highest BCUT2D eigenvalue weighted by atomic mass is 32.1. The van der Waals surface area contributed by atoms with Crippen molar-refractivity contribution in [1.29, 1.82) is 0 Å². The summed E-state index contributed by atoms with van der Waals surface area (Å²) < 4.78 is 69.0. The van der Waals surface area contributed by atoms with E-state index < -0.39 is 54.2 Å². The Balaban J connectivity index is 1.25. The highest BCUT2D eigenvalue weighted by molar-refractivity contribution is 7.18. The molecule has 1 amide bonds. The Morgan fingerprint density at radius 2 is 1.83 bits per heavy atom. The number of hydrogen-bond acceptors (Lipinski definition) is 9. The molecule has 0 N–H and O–H groups in total. The molecule has 2 aliphatic heterocycles. The topological polar surface area (TPSA) is 101 Å². The number of halogens is 3. The van der Waals surface area contributed by atoms with Crippen molar-refractivity contribution in [2.75, 3.05) is 25.7 Å². The highest BCUT2D eigenvalue weighted by Gasteiger charge is 2.54. The monoisotopic (exact) mass is 651 g/mol. The first kappa shape index (κ1) is 30.4. The molecule has 2 aromatic heterocycles. The number of anilines is 1. The molecule has 7 rings (SSSR count). The van der Waals surface area contributed by atoms with Crippen LogP contribution in [0.15, 0.2) is 66.9 Å². The molecule has 3 aromatic carbocycles. The molecule has 0 bridgehead atoms. The molecular weight excluding hydrogens is 623 g/mol. The lowest BCUT2D eigenvalue weighted by Gasteiger charge is -2.49. The van der Waals surface area contributed by atoms with Gasteiger partial charge in [0, 0.05) is 31.0 Å². The van der Waals surface area contributed by atoms with E-state index in [-0.39, 0.29) is 23.8 Å². The zero-order chi connectivity index (χ0) is 32.1. The van der Waals surface area contributed by atoms with Crippen LogP contribution >= 0.6 is 11.3 Å². The highest BCUT2D eigenvalue weighted by Crippen LogP contribution is 2.41. The first-order valence-corrected chi connectivity index (χ1v) is 15.2. The van der Waals surface area contributed by atoms with Crippen molar-refractivity contribution >= 4 is 33.1 Å². The second-order valence-electron chi connectivity index (χ2n) is 11.1. The van der Waals surface area contributed by atoms with E-state index in [1.807, 2.05) is 55.5 Å². The van der Waals surface area contributed by atoms with Crippen LogP contribution in [0.5, 0.6) is 0 Å². The van der Waals surface area contributed by atoms with Gasteiger partial charge in [-0.25, -0.2) is 22.8 Å². The number of thiazole rings is 1. The van der Waals surface area contributed by atoms with Gasteiger partial charge in [-0.2, -0.15) is 0 Å². The van der Waals surface area contributed by atoms with E-state index >= 15 is 0 Å². The number of carbonyl (C=O) groups is 1. The van der Waals surface area contributed by atoms with Gasteiger partial charge in [0.1, 0.15) is 30.0 Å². The molecule has 0 aliphatic carbocycles. The van der Waals surface area contributed by atoms with Crippen LogP contribution in [0.2, 0.25) is 0 Å². The average molecular weight is 652 g/mol. The molecule has 0 spiro atoms. The number of methoxy groups -OCH3 is 1. The zero-order valence-corrected chi connectivity index (χ0v) is 25.7. The van der Waals surface area contributed by atoms with E-state index in [1.54, 1.807) is 7.05 Å². The van der Waals surface area contributed by atoms with E-state index in [1.165, 1.54) is 34.2 Å². The maximum atomic E-state index is 14.1. The first-order valence-electron chi connectivity index (χ1n) is 14.4. The summed E-state index contributed by atoms with van der Waals surface area (Å²) >= 11 is 1.53. The smallest absolute Gasteiger partial charge is 0.258 e. The summed E-state index contributed by atoms with van der Waals surface area (Å²) in [5.74, 6) is -4.68. The molecule has 6 atom stereocenters. The lowest BCUT2D eigenvalue weighted by molar-refractivity contribution is -0.314. The van der Waals surface area contributed by atoms with Crippen LogP contribution in [0, 0.1) is 24.4 Å². The van der Waals surface area contributed by atoms with Crippen LogP contribution in [0.3, 0.4) is 0 Å². The Kier molecular flexibility index (Phi) is 8.07. The fraction of sp³-hybridized carbons (Fsp3) is 0.312. The molecule has 238 valence electrons.